The smallest absolute Gasteiger partial charge is 0.170 e. The monoisotopic (exact) mass is 296 g/mol. The average molecular weight is 296 g/mol. The lowest BCUT2D eigenvalue weighted by molar-refractivity contribution is 0.108. The summed E-state index contributed by atoms with van der Waals surface area (Å²) >= 11 is 5.23. The third-order valence-corrected chi connectivity index (χ3v) is 2.78. The van der Waals surface area contributed by atoms with Gasteiger partial charge < -0.3 is 20.1 Å². The van der Waals surface area contributed by atoms with E-state index >= 15 is 0 Å². The van der Waals surface area contributed by atoms with E-state index < -0.39 is 0 Å². The van der Waals surface area contributed by atoms with Gasteiger partial charge in [0, 0.05) is 31.5 Å². The van der Waals surface area contributed by atoms with Crippen molar-refractivity contribution in [2.24, 2.45) is 5.92 Å². The number of methoxy groups -OCH3 is 1. The molecule has 112 valence electrons. The standard InChI is InChI=1S/C15H24N2O2S/c1-12(2)11-19-9-5-8-16-15(20)17-13-6-4-7-14(10-13)18-3/h4,6-7,10,12H,5,8-9,11H2,1-3H3,(H2,16,17,20). The van der Waals surface area contributed by atoms with Crippen LogP contribution in [-0.4, -0.2) is 32.0 Å². The predicted octanol–water partition coefficient (Wildman–Crippen LogP) is 3.04. The zero-order valence-corrected chi connectivity index (χ0v) is 13.3. The molecule has 0 saturated heterocycles. The van der Waals surface area contributed by atoms with Crippen molar-refractivity contribution in [3.63, 3.8) is 0 Å². The molecular formula is C15H24N2O2S. The molecule has 20 heavy (non-hydrogen) atoms. The second-order valence-electron chi connectivity index (χ2n) is 4.94. The van der Waals surface area contributed by atoms with Crippen LogP contribution in [0.4, 0.5) is 5.69 Å². The molecule has 1 aromatic rings. The normalized spacial score (nSPS) is 10.4. The maximum Gasteiger partial charge on any atom is 0.170 e. The summed E-state index contributed by atoms with van der Waals surface area (Å²) < 4.78 is 10.7. The minimum atomic E-state index is 0.582. The van der Waals surface area contributed by atoms with Gasteiger partial charge in [0.05, 0.1) is 7.11 Å². The highest BCUT2D eigenvalue weighted by atomic mass is 32.1. The second kappa shape index (κ2) is 9.55. The number of hydrogen-bond acceptors (Lipinski definition) is 3. The highest BCUT2D eigenvalue weighted by molar-refractivity contribution is 7.80. The predicted molar refractivity (Wildman–Crippen MR) is 87.5 cm³/mol. The Balaban J connectivity index is 2.16. The van der Waals surface area contributed by atoms with Gasteiger partial charge >= 0.3 is 0 Å². The molecule has 0 aliphatic heterocycles. The highest BCUT2D eigenvalue weighted by Crippen LogP contribution is 2.16. The Morgan fingerprint density at radius 2 is 2.15 bits per heavy atom. The number of anilines is 1. The molecule has 0 radical (unpaired) electrons. The van der Waals surface area contributed by atoms with Gasteiger partial charge in [0.2, 0.25) is 0 Å². The van der Waals surface area contributed by atoms with Crippen LogP contribution in [0, 0.1) is 5.92 Å². The largest absolute Gasteiger partial charge is 0.497 e. The van der Waals surface area contributed by atoms with Crippen LogP contribution in [0.5, 0.6) is 5.75 Å². The molecule has 5 heteroatoms. The summed E-state index contributed by atoms with van der Waals surface area (Å²) in [5.74, 6) is 1.39. The number of benzene rings is 1. The van der Waals surface area contributed by atoms with Crippen LogP contribution in [0.1, 0.15) is 20.3 Å². The SMILES string of the molecule is COc1cccc(NC(=S)NCCCOCC(C)C)c1. The van der Waals surface area contributed by atoms with E-state index in [1.54, 1.807) is 7.11 Å². The fourth-order valence-corrected chi connectivity index (χ4v) is 1.79. The molecule has 0 aliphatic rings. The van der Waals surface area contributed by atoms with Gasteiger partial charge in [-0.15, -0.1) is 0 Å². The Morgan fingerprint density at radius 3 is 2.85 bits per heavy atom. The number of rotatable bonds is 8. The summed E-state index contributed by atoms with van der Waals surface area (Å²) in [5, 5.41) is 6.89. The molecule has 0 spiro atoms. The van der Waals surface area contributed by atoms with E-state index in [0.29, 0.717) is 11.0 Å². The molecule has 0 saturated carbocycles. The summed E-state index contributed by atoms with van der Waals surface area (Å²) in [6.45, 7) is 6.66. The maximum atomic E-state index is 5.51. The molecule has 0 atom stereocenters. The molecular weight excluding hydrogens is 272 g/mol. The van der Waals surface area contributed by atoms with Gasteiger partial charge in [0.25, 0.3) is 0 Å². The third kappa shape index (κ3) is 7.31. The molecule has 0 amide bonds. The van der Waals surface area contributed by atoms with E-state index in [1.807, 2.05) is 24.3 Å². The lowest BCUT2D eigenvalue weighted by Crippen LogP contribution is -2.29. The van der Waals surface area contributed by atoms with E-state index in [-0.39, 0.29) is 0 Å². The first-order valence-corrected chi connectivity index (χ1v) is 7.29. The Hall–Kier alpha value is -1.33. The molecule has 1 aromatic carbocycles. The van der Waals surface area contributed by atoms with Crippen LogP contribution in [0.25, 0.3) is 0 Å². The number of nitrogens with one attached hydrogen (secondary N) is 2. The van der Waals surface area contributed by atoms with Gasteiger partial charge in [-0.3, -0.25) is 0 Å². The Labute approximate surface area is 126 Å². The Morgan fingerprint density at radius 1 is 1.35 bits per heavy atom. The molecule has 0 aliphatic carbocycles. The average Bonchev–Trinajstić information content (AvgIpc) is 2.42. The molecule has 0 aromatic heterocycles. The molecule has 4 nitrogen and oxygen atoms in total. The van der Waals surface area contributed by atoms with Crippen molar-refractivity contribution < 1.29 is 9.47 Å². The van der Waals surface area contributed by atoms with Crippen LogP contribution in [0.15, 0.2) is 24.3 Å². The fourth-order valence-electron chi connectivity index (χ4n) is 1.57. The third-order valence-electron chi connectivity index (χ3n) is 2.53. The summed E-state index contributed by atoms with van der Waals surface area (Å²) in [6, 6.07) is 7.67. The van der Waals surface area contributed by atoms with Gasteiger partial charge in [-0.1, -0.05) is 19.9 Å². The zero-order valence-electron chi connectivity index (χ0n) is 12.4. The molecule has 0 unspecified atom stereocenters. The maximum absolute atomic E-state index is 5.51. The topological polar surface area (TPSA) is 42.5 Å². The second-order valence-corrected chi connectivity index (χ2v) is 5.34. The van der Waals surface area contributed by atoms with Crippen molar-refractivity contribution in [2.45, 2.75) is 20.3 Å². The first-order valence-electron chi connectivity index (χ1n) is 6.88. The fraction of sp³-hybridized carbons (Fsp3) is 0.533. The Bertz CT molecular complexity index is 411. The number of ether oxygens (including phenoxy) is 2. The van der Waals surface area contributed by atoms with Crippen LogP contribution in [0.2, 0.25) is 0 Å². The van der Waals surface area contributed by atoms with Crippen LogP contribution >= 0.6 is 12.2 Å². The minimum absolute atomic E-state index is 0.582. The summed E-state index contributed by atoms with van der Waals surface area (Å²) in [6.07, 6.45) is 0.937. The van der Waals surface area contributed by atoms with Crippen LogP contribution in [-0.2, 0) is 4.74 Å². The first-order chi connectivity index (χ1) is 9.61. The summed E-state index contributed by atoms with van der Waals surface area (Å²) in [5.41, 5.74) is 0.915. The van der Waals surface area contributed by atoms with Crippen LogP contribution in [0.3, 0.4) is 0 Å². The van der Waals surface area contributed by atoms with Crippen molar-refractivity contribution in [3.05, 3.63) is 24.3 Å². The Kier molecular flexibility index (Phi) is 7.99. The summed E-state index contributed by atoms with van der Waals surface area (Å²) in [4.78, 5) is 0. The molecule has 0 fully saturated rings. The van der Waals surface area contributed by atoms with E-state index in [1.165, 1.54) is 0 Å². The molecule has 2 N–H and O–H groups in total. The zero-order chi connectivity index (χ0) is 14.8. The van der Waals surface area contributed by atoms with Gasteiger partial charge in [0.15, 0.2) is 5.11 Å². The van der Waals surface area contributed by atoms with Crippen molar-refractivity contribution in [2.75, 3.05) is 32.2 Å². The van der Waals surface area contributed by atoms with Crippen molar-refractivity contribution in [3.8, 4) is 5.75 Å². The van der Waals surface area contributed by atoms with E-state index in [2.05, 4.69) is 24.5 Å². The lowest BCUT2D eigenvalue weighted by Gasteiger charge is -2.11. The first kappa shape index (κ1) is 16.7. The van der Waals surface area contributed by atoms with E-state index in [9.17, 15) is 0 Å². The van der Waals surface area contributed by atoms with Crippen LogP contribution < -0.4 is 15.4 Å². The van der Waals surface area contributed by atoms with Crippen molar-refractivity contribution in [1.82, 2.24) is 5.32 Å². The van der Waals surface area contributed by atoms with Gasteiger partial charge in [-0.25, -0.2) is 0 Å². The number of thiocarbonyl (C=S) groups is 1. The van der Waals surface area contributed by atoms with Gasteiger partial charge in [-0.05, 0) is 36.7 Å². The molecule has 0 bridgehead atoms. The molecule has 1 rings (SSSR count). The number of hydrogen-bond donors (Lipinski definition) is 2. The summed E-state index contributed by atoms with van der Waals surface area (Å²) in [7, 11) is 1.65. The van der Waals surface area contributed by atoms with Gasteiger partial charge in [-0.2, -0.15) is 0 Å². The van der Waals surface area contributed by atoms with E-state index in [0.717, 1.165) is 37.6 Å². The minimum Gasteiger partial charge on any atom is -0.497 e. The lowest BCUT2D eigenvalue weighted by atomic mass is 10.2. The van der Waals surface area contributed by atoms with E-state index in [4.69, 9.17) is 21.7 Å². The van der Waals surface area contributed by atoms with Crippen molar-refractivity contribution in [1.29, 1.82) is 0 Å². The van der Waals surface area contributed by atoms with Crippen molar-refractivity contribution >= 4 is 23.0 Å². The highest BCUT2D eigenvalue weighted by Gasteiger charge is 1.99. The molecule has 0 heterocycles. The quantitative estimate of drug-likeness (QED) is 0.570. The van der Waals surface area contributed by atoms with Gasteiger partial charge in [0.1, 0.15) is 5.75 Å².